The third-order valence-corrected chi connectivity index (χ3v) is 2.60. The summed E-state index contributed by atoms with van der Waals surface area (Å²) in [4.78, 5) is 23.4. The molecule has 9 heteroatoms. The van der Waals surface area contributed by atoms with Gasteiger partial charge in [0.05, 0.1) is 0 Å². The number of phosphoric acid groups is 1. The summed E-state index contributed by atoms with van der Waals surface area (Å²) in [5.74, 6) is -0.244. The molecular formula is C8H5ClNNa2O4P. The van der Waals surface area contributed by atoms with E-state index >= 15 is 0 Å². The van der Waals surface area contributed by atoms with E-state index in [1.54, 1.807) is 24.3 Å². The van der Waals surface area contributed by atoms with Crippen LogP contribution in [0.4, 0.5) is 0 Å². The fraction of sp³-hybridized carbons (Fsp3) is 0. The smallest absolute Gasteiger partial charge is 0.780 e. The molecule has 0 aliphatic carbocycles. The zero-order valence-electron chi connectivity index (χ0n) is 9.27. The predicted octanol–water partition coefficient (Wildman–Crippen LogP) is -4.96. The quantitative estimate of drug-likeness (QED) is 0.443. The minimum Gasteiger partial charge on any atom is -0.780 e. The van der Waals surface area contributed by atoms with Gasteiger partial charge in [0.25, 0.3) is 0 Å². The molecule has 0 atom stereocenters. The van der Waals surface area contributed by atoms with Crippen molar-refractivity contribution in [2.45, 2.75) is 0 Å². The molecule has 2 aromatic rings. The number of hydrogen-bond acceptors (Lipinski definition) is 4. The molecule has 0 bridgehead atoms. The van der Waals surface area contributed by atoms with E-state index in [1.165, 1.54) is 0 Å². The van der Waals surface area contributed by atoms with E-state index in [4.69, 9.17) is 11.6 Å². The van der Waals surface area contributed by atoms with Crippen molar-refractivity contribution in [1.82, 2.24) is 4.98 Å². The maximum Gasteiger partial charge on any atom is 1.00 e. The average Bonchev–Trinajstić information content (AvgIpc) is 2.42. The Morgan fingerprint density at radius 2 is 1.82 bits per heavy atom. The second kappa shape index (κ2) is 6.96. The van der Waals surface area contributed by atoms with Gasteiger partial charge in [-0.3, -0.25) is 0 Å². The molecule has 0 amide bonds. The molecule has 17 heavy (non-hydrogen) atoms. The number of phosphoric ester groups is 1. The SMILES string of the molecule is O=P([O-])([O-])Oc1[nH]c2ccccc2c1Cl.[Na+].[Na+]. The molecule has 1 heterocycles. The van der Waals surface area contributed by atoms with Crippen LogP contribution < -0.4 is 73.4 Å². The Bertz CT molecular complexity index is 555. The largest absolute Gasteiger partial charge is 1.00 e. The van der Waals surface area contributed by atoms with Gasteiger partial charge in [-0.1, -0.05) is 29.8 Å². The molecule has 5 nitrogen and oxygen atoms in total. The standard InChI is InChI=1S/C8H7ClNO4P.2Na/c9-7-5-3-1-2-4-6(5)10-8(7)14-15(11,12)13;;/h1-4,10H,(H2,11,12,13);;/q;2*+1/p-2. The fourth-order valence-electron chi connectivity index (χ4n) is 1.26. The fourth-order valence-corrected chi connectivity index (χ4v) is 1.92. The molecule has 2 rings (SSSR count). The van der Waals surface area contributed by atoms with Gasteiger partial charge in [-0.15, -0.1) is 0 Å². The van der Waals surface area contributed by atoms with Crippen LogP contribution in [0.2, 0.25) is 5.02 Å². The van der Waals surface area contributed by atoms with Gasteiger partial charge in [0, 0.05) is 10.9 Å². The van der Waals surface area contributed by atoms with E-state index in [0.717, 1.165) is 0 Å². The summed E-state index contributed by atoms with van der Waals surface area (Å²) in [5.41, 5.74) is 0.603. The summed E-state index contributed by atoms with van der Waals surface area (Å²) in [6, 6.07) is 6.85. The third kappa shape index (κ3) is 4.55. The molecule has 0 saturated carbocycles. The number of benzene rings is 1. The van der Waals surface area contributed by atoms with Crippen molar-refractivity contribution in [1.29, 1.82) is 0 Å². The van der Waals surface area contributed by atoms with Crippen molar-refractivity contribution in [2.75, 3.05) is 0 Å². The van der Waals surface area contributed by atoms with Gasteiger partial charge < -0.3 is 23.9 Å². The Labute approximate surface area is 147 Å². The number of hydrogen-bond donors (Lipinski definition) is 1. The molecular weight excluding hydrogens is 286 g/mol. The van der Waals surface area contributed by atoms with Crippen molar-refractivity contribution in [3.8, 4) is 5.88 Å². The molecule has 80 valence electrons. The third-order valence-electron chi connectivity index (χ3n) is 1.81. The molecule has 0 saturated heterocycles. The maximum atomic E-state index is 10.4. The molecule has 0 spiro atoms. The van der Waals surface area contributed by atoms with Crippen LogP contribution in [0.3, 0.4) is 0 Å². The van der Waals surface area contributed by atoms with E-state index < -0.39 is 7.82 Å². The Hall–Kier alpha value is 1.00. The van der Waals surface area contributed by atoms with Crippen LogP contribution in [0.1, 0.15) is 0 Å². The first-order chi connectivity index (χ1) is 6.97. The van der Waals surface area contributed by atoms with Gasteiger partial charge in [-0.05, 0) is 6.07 Å². The van der Waals surface area contributed by atoms with Crippen LogP contribution in [0.5, 0.6) is 5.88 Å². The van der Waals surface area contributed by atoms with E-state index in [1.807, 2.05) is 0 Å². The number of aromatic nitrogens is 1. The number of aromatic amines is 1. The van der Waals surface area contributed by atoms with E-state index in [-0.39, 0.29) is 70.0 Å². The van der Waals surface area contributed by atoms with Crippen LogP contribution in [0.15, 0.2) is 24.3 Å². The molecule has 1 aromatic carbocycles. The summed E-state index contributed by atoms with van der Waals surface area (Å²) < 4.78 is 14.6. The average molecular weight is 292 g/mol. The van der Waals surface area contributed by atoms with Crippen molar-refractivity contribution in [3.05, 3.63) is 29.3 Å². The first kappa shape index (κ1) is 18.0. The number of para-hydroxylation sites is 1. The first-order valence-electron chi connectivity index (χ1n) is 3.95. The van der Waals surface area contributed by atoms with Gasteiger partial charge in [-0.2, -0.15) is 0 Å². The van der Waals surface area contributed by atoms with Crippen LogP contribution in [-0.4, -0.2) is 4.98 Å². The van der Waals surface area contributed by atoms with E-state index in [0.29, 0.717) is 10.9 Å². The molecule has 0 aliphatic heterocycles. The predicted molar refractivity (Wildman–Crippen MR) is 51.5 cm³/mol. The summed E-state index contributed by atoms with van der Waals surface area (Å²) in [6.07, 6.45) is 0. The number of rotatable bonds is 2. The Balaban J connectivity index is 0.00000128. The zero-order valence-corrected chi connectivity index (χ0v) is 14.9. The molecule has 1 aromatic heterocycles. The number of H-pyrrole nitrogens is 1. The molecule has 0 fully saturated rings. The van der Waals surface area contributed by atoms with Crippen molar-refractivity contribution in [3.63, 3.8) is 0 Å². The van der Waals surface area contributed by atoms with Crippen molar-refractivity contribution >= 4 is 30.3 Å². The molecule has 1 N–H and O–H groups in total. The van der Waals surface area contributed by atoms with Crippen LogP contribution in [0, 0.1) is 0 Å². The number of halogens is 1. The number of nitrogens with one attached hydrogen (secondary N) is 1. The van der Waals surface area contributed by atoms with Crippen LogP contribution in [-0.2, 0) is 4.57 Å². The molecule has 0 unspecified atom stereocenters. The summed E-state index contributed by atoms with van der Waals surface area (Å²) in [6.45, 7) is 0. The summed E-state index contributed by atoms with van der Waals surface area (Å²) >= 11 is 5.81. The molecule has 0 aliphatic rings. The van der Waals surface area contributed by atoms with Gasteiger partial charge in [0.2, 0.25) is 5.88 Å². The Morgan fingerprint density at radius 1 is 1.24 bits per heavy atom. The normalized spacial score (nSPS) is 10.5. The minimum absolute atomic E-state index is 0. The Morgan fingerprint density at radius 3 is 2.35 bits per heavy atom. The molecule has 0 radical (unpaired) electrons. The van der Waals surface area contributed by atoms with Gasteiger partial charge in [0.15, 0.2) is 0 Å². The second-order valence-electron chi connectivity index (χ2n) is 2.85. The van der Waals surface area contributed by atoms with E-state index in [2.05, 4.69) is 9.51 Å². The monoisotopic (exact) mass is 291 g/mol. The topological polar surface area (TPSA) is 88.2 Å². The van der Waals surface area contributed by atoms with Crippen molar-refractivity contribution < 1.29 is 78.0 Å². The van der Waals surface area contributed by atoms with Crippen LogP contribution in [0.25, 0.3) is 10.9 Å². The van der Waals surface area contributed by atoms with Gasteiger partial charge in [-0.25, -0.2) is 0 Å². The summed E-state index contributed by atoms with van der Waals surface area (Å²) in [7, 11) is -5.09. The second-order valence-corrected chi connectivity index (χ2v) is 4.31. The van der Waals surface area contributed by atoms with Crippen LogP contribution >= 0.6 is 19.4 Å². The maximum absolute atomic E-state index is 10.4. The minimum atomic E-state index is -5.09. The first-order valence-corrected chi connectivity index (χ1v) is 5.79. The van der Waals surface area contributed by atoms with E-state index in [9.17, 15) is 14.4 Å². The van der Waals surface area contributed by atoms with Crippen molar-refractivity contribution in [2.24, 2.45) is 0 Å². The van der Waals surface area contributed by atoms with Gasteiger partial charge >= 0.3 is 59.1 Å². The van der Waals surface area contributed by atoms with Gasteiger partial charge in [0.1, 0.15) is 12.8 Å². The summed E-state index contributed by atoms with van der Waals surface area (Å²) in [5, 5.41) is 0.681. The number of fused-ring (bicyclic) bond motifs is 1. The zero-order chi connectivity index (χ0) is 11.1. The Kier molecular flexibility index (Phi) is 7.37.